The van der Waals surface area contributed by atoms with Crippen molar-refractivity contribution in [1.82, 2.24) is 0 Å². The van der Waals surface area contributed by atoms with Crippen LogP contribution in [0.5, 0.6) is 0 Å². The molecule has 0 heterocycles. The van der Waals surface area contributed by atoms with Gasteiger partial charge in [0.2, 0.25) is 0 Å². The van der Waals surface area contributed by atoms with Crippen LogP contribution in [0.1, 0.15) is 34.1 Å². The van der Waals surface area contributed by atoms with Gasteiger partial charge in [-0.25, -0.2) is 12.2 Å². The quantitative estimate of drug-likeness (QED) is 0.444. The number of hydrogen-bond acceptors (Lipinski definition) is 0. The van der Waals surface area contributed by atoms with Gasteiger partial charge < -0.3 is 29.7 Å². The van der Waals surface area contributed by atoms with E-state index in [1.165, 1.54) is 0 Å². The Balaban J connectivity index is -0.0000000500. The SMILES string of the molecule is CC(C)[C-]=CC=CCC(C)C.[CH3-].[CH3-].[CH3-].[CH3-].[Ta+5]. The molecule has 0 aliphatic heterocycles. The smallest absolute Gasteiger partial charge is 0.358 e. The monoisotopic (exact) mass is 392 g/mol. The molecule has 0 aliphatic carbocycles. The molecular weight excluding hydrogens is 361 g/mol. The summed E-state index contributed by atoms with van der Waals surface area (Å²) in [5, 5.41) is 0. The van der Waals surface area contributed by atoms with Crippen LogP contribution in [0.15, 0.2) is 18.2 Å². The van der Waals surface area contributed by atoms with Crippen LogP contribution in [-0.2, 0) is 22.4 Å². The van der Waals surface area contributed by atoms with E-state index in [0.717, 1.165) is 12.3 Å². The molecule has 1 heteroatoms. The predicted octanol–water partition coefficient (Wildman–Crippen LogP) is 5.40. The Morgan fingerprint density at radius 1 is 0.938 bits per heavy atom. The van der Waals surface area contributed by atoms with E-state index in [4.69, 9.17) is 0 Å². The summed E-state index contributed by atoms with van der Waals surface area (Å²) >= 11 is 0. The van der Waals surface area contributed by atoms with Crippen molar-refractivity contribution in [3.8, 4) is 0 Å². The van der Waals surface area contributed by atoms with Gasteiger partial charge in [0, 0.05) is 0 Å². The molecule has 0 bridgehead atoms. The minimum Gasteiger partial charge on any atom is -0.358 e. The molecule has 0 saturated heterocycles. The van der Waals surface area contributed by atoms with Crippen molar-refractivity contribution < 1.29 is 22.4 Å². The molecule has 0 rings (SSSR count). The van der Waals surface area contributed by atoms with Gasteiger partial charge in [-0.2, -0.15) is 6.08 Å². The topological polar surface area (TPSA) is 0 Å². The first-order valence-corrected chi connectivity index (χ1v) is 4.37. The molecule has 0 aliphatic rings. The molecule has 0 amide bonds. The van der Waals surface area contributed by atoms with E-state index in [1.54, 1.807) is 0 Å². The zero-order chi connectivity index (χ0) is 8.69. The first-order chi connectivity index (χ1) is 5.13. The van der Waals surface area contributed by atoms with Crippen LogP contribution in [0, 0.1) is 47.6 Å². The van der Waals surface area contributed by atoms with Crippen LogP contribution in [-0.4, -0.2) is 0 Å². The normalized spacial score (nSPS) is 8.88. The van der Waals surface area contributed by atoms with Gasteiger partial charge >= 0.3 is 22.4 Å². The Morgan fingerprint density at radius 3 is 1.69 bits per heavy atom. The molecular formula is C15H31Ta. The Labute approximate surface area is 122 Å². The van der Waals surface area contributed by atoms with Gasteiger partial charge in [0.25, 0.3) is 0 Å². The standard InChI is InChI=1S/C11H19.4CH3.Ta/c1-10(2)8-6-5-7-9-11(3)4;;;;;/h5-7,10-11H,8H2,1-4H3;4*1H3;/q5*-1;+5. The van der Waals surface area contributed by atoms with Gasteiger partial charge in [-0.15, -0.1) is 5.92 Å². The van der Waals surface area contributed by atoms with E-state index in [2.05, 4.69) is 45.9 Å². The zero-order valence-corrected chi connectivity index (χ0v) is 15.8. The van der Waals surface area contributed by atoms with E-state index in [9.17, 15) is 0 Å². The van der Waals surface area contributed by atoms with E-state index in [1.807, 2.05) is 6.08 Å². The summed E-state index contributed by atoms with van der Waals surface area (Å²) in [6, 6.07) is 0. The molecule has 0 aromatic carbocycles. The number of hydrogen-bond donors (Lipinski definition) is 0. The van der Waals surface area contributed by atoms with Crippen LogP contribution in [0.3, 0.4) is 0 Å². The summed E-state index contributed by atoms with van der Waals surface area (Å²) in [7, 11) is 0. The first kappa shape index (κ1) is 36.0. The molecule has 0 spiro atoms. The molecule has 0 fully saturated rings. The van der Waals surface area contributed by atoms with Crippen LogP contribution < -0.4 is 0 Å². The Kier molecular flexibility index (Phi) is 55.0. The van der Waals surface area contributed by atoms with Gasteiger partial charge in [-0.05, 0) is 12.3 Å². The molecule has 0 radical (unpaired) electrons. The number of rotatable bonds is 4. The summed E-state index contributed by atoms with van der Waals surface area (Å²) in [5.74, 6) is 1.30. The molecule has 0 nitrogen and oxygen atoms in total. The van der Waals surface area contributed by atoms with Crippen molar-refractivity contribution in [2.75, 3.05) is 0 Å². The molecule has 16 heavy (non-hydrogen) atoms. The molecule has 96 valence electrons. The second-order valence-corrected chi connectivity index (χ2v) is 3.55. The maximum Gasteiger partial charge on any atom is 5.00 e. The van der Waals surface area contributed by atoms with Crippen molar-refractivity contribution in [1.29, 1.82) is 0 Å². The third-order valence-electron chi connectivity index (χ3n) is 1.27. The second kappa shape index (κ2) is 24.4. The maximum absolute atomic E-state index is 3.21. The van der Waals surface area contributed by atoms with E-state index in [0.29, 0.717) is 5.92 Å². The second-order valence-electron chi connectivity index (χ2n) is 3.55. The average Bonchev–Trinajstić information content (AvgIpc) is 1.85. The summed E-state index contributed by atoms with van der Waals surface area (Å²) in [4.78, 5) is 0. The summed E-state index contributed by atoms with van der Waals surface area (Å²) in [6.45, 7) is 8.71. The van der Waals surface area contributed by atoms with Crippen LogP contribution in [0.25, 0.3) is 0 Å². The minimum atomic E-state index is 0. The van der Waals surface area contributed by atoms with Gasteiger partial charge in [0.05, 0.1) is 0 Å². The fourth-order valence-corrected chi connectivity index (χ4v) is 0.667. The van der Waals surface area contributed by atoms with E-state index >= 15 is 0 Å². The minimum absolute atomic E-state index is 0. The third-order valence-corrected chi connectivity index (χ3v) is 1.27. The van der Waals surface area contributed by atoms with Crippen molar-refractivity contribution in [3.05, 3.63) is 54.0 Å². The van der Waals surface area contributed by atoms with Crippen molar-refractivity contribution in [2.24, 2.45) is 11.8 Å². The Bertz CT molecular complexity index is 132. The van der Waals surface area contributed by atoms with Crippen LogP contribution in [0.2, 0.25) is 0 Å². The fourth-order valence-electron chi connectivity index (χ4n) is 0.667. The maximum atomic E-state index is 3.21. The van der Waals surface area contributed by atoms with Crippen molar-refractivity contribution >= 4 is 0 Å². The average molecular weight is 392 g/mol. The van der Waals surface area contributed by atoms with Crippen LogP contribution >= 0.6 is 0 Å². The molecule has 0 unspecified atom stereocenters. The molecule has 0 aromatic rings. The van der Waals surface area contributed by atoms with Crippen molar-refractivity contribution in [2.45, 2.75) is 34.1 Å². The van der Waals surface area contributed by atoms with Crippen LogP contribution in [0.4, 0.5) is 0 Å². The summed E-state index contributed by atoms with van der Waals surface area (Å²) in [6.07, 6.45) is 10.7. The van der Waals surface area contributed by atoms with Gasteiger partial charge in [0.1, 0.15) is 0 Å². The van der Waals surface area contributed by atoms with Gasteiger partial charge in [-0.1, -0.05) is 27.7 Å². The predicted molar refractivity (Wildman–Crippen MR) is 76.9 cm³/mol. The zero-order valence-electron chi connectivity index (χ0n) is 12.5. The molecule has 0 aromatic heterocycles. The van der Waals surface area contributed by atoms with Crippen molar-refractivity contribution in [3.63, 3.8) is 0 Å². The Morgan fingerprint density at radius 2 is 1.38 bits per heavy atom. The summed E-state index contributed by atoms with van der Waals surface area (Å²) in [5.41, 5.74) is 0. The fraction of sp³-hybridized carbons (Fsp3) is 0.467. The number of allylic oxidation sites excluding steroid dienone is 4. The molecule has 0 atom stereocenters. The molecule has 0 saturated carbocycles. The van der Waals surface area contributed by atoms with Gasteiger partial charge in [0.15, 0.2) is 0 Å². The molecule has 0 N–H and O–H groups in total. The van der Waals surface area contributed by atoms with E-state index < -0.39 is 0 Å². The van der Waals surface area contributed by atoms with E-state index in [-0.39, 0.29) is 52.1 Å². The van der Waals surface area contributed by atoms with Gasteiger partial charge in [-0.3, -0.25) is 6.08 Å². The largest absolute Gasteiger partial charge is 5.00 e. The summed E-state index contributed by atoms with van der Waals surface area (Å²) < 4.78 is 0. The Hall–Kier alpha value is 0.220. The first-order valence-electron chi connectivity index (χ1n) is 4.37. The third kappa shape index (κ3) is 36.8.